The molecule has 1 aromatic heterocycles. The van der Waals surface area contributed by atoms with E-state index in [-0.39, 0.29) is 11.9 Å². The topological polar surface area (TPSA) is 96.9 Å². The summed E-state index contributed by atoms with van der Waals surface area (Å²) in [4.78, 5) is 37.8. The van der Waals surface area contributed by atoms with Gasteiger partial charge in [0.15, 0.2) is 5.78 Å². The van der Waals surface area contributed by atoms with E-state index in [1.54, 1.807) is 18.9 Å². The molecule has 9 heteroatoms. The number of nitrogens with one attached hydrogen (secondary N) is 1. The number of methoxy groups -OCH3 is 1. The first kappa shape index (κ1) is 20.9. The number of Topliss-reactive ketones (excluding diaryl/α,β-unsaturated/α-hetero) is 1. The average molecular weight is 425 g/mol. The Balaban J connectivity index is 1.58. The van der Waals surface area contributed by atoms with E-state index in [1.807, 2.05) is 29.2 Å². The van der Waals surface area contributed by atoms with Crippen molar-refractivity contribution in [1.29, 1.82) is 0 Å². The number of fused-ring (bicyclic) bond motifs is 1. The highest BCUT2D eigenvalue weighted by Gasteiger charge is 2.28. The first-order chi connectivity index (χ1) is 15.1. The Bertz CT molecular complexity index is 955. The molecule has 1 amide bonds. The summed E-state index contributed by atoms with van der Waals surface area (Å²) in [6.45, 7) is 4.45. The summed E-state index contributed by atoms with van der Waals surface area (Å²) in [5, 5.41) is 3.30. The van der Waals surface area contributed by atoms with E-state index >= 15 is 0 Å². The predicted octanol–water partition coefficient (Wildman–Crippen LogP) is 3.03. The summed E-state index contributed by atoms with van der Waals surface area (Å²) < 4.78 is 10.3. The molecule has 164 valence electrons. The molecule has 31 heavy (non-hydrogen) atoms. The lowest BCUT2D eigenvalue weighted by molar-refractivity contribution is 0.0970. The maximum atomic E-state index is 12.7. The van der Waals surface area contributed by atoms with Gasteiger partial charge < -0.3 is 24.6 Å². The van der Waals surface area contributed by atoms with Gasteiger partial charge in [0.25, 0.3) is 0 Å². The fraction of sp³-hybridized carbons (Fsp3) is 0.455. The quantitative estimate of drug-likeness (QED) is 0.781. The van der Waals surface area contributed by atoms with Crippen molar-refractivity contribution in [3.63, 3.8) is 0 Å². The van der Waals surface area contributed by atoms with Crippen LogP contribution in [-0.2, 0) is 11.2 Å². The number of aryl methyl sites for hydroxylation is 1. The zero-order valence-electron chi connectivity index (χ0n) is 17.9. The summed E-state index contributed by atoms with van der Waals surface area (Å²) >= 11 is 0. The molecular formula is C22H27N5O4. The number of rotatable bonds is 5. The Labute approximate surface area is 181 Å². The smallest absolute Gasteiger partial charge is 0.409 e. The van der Waals surface area contributed by atoms with Crippen LogP contribution in [0.1, 0.15) is 35.8 Å². The molecule has 1 saturated heterocycles. The number of aromatic nitrogens is 2. The molecule has 9 nitrogen and oxygen atoms in total. The number of hydrogen-bond acceptors (Lipinski definition) is 8. The van der Waals surface area contributed by atoms with Gasteiger partial charge in [0.2, 0.25) is 5.95 Å². The molecule has 4 rings (SSSR count). The zero-order valence-corrected chi connectivity index (χ0v) is 17.9. The molecular weight excluding hydrogens is 398 g/mol. The number of benzene rings is 1. The Morgan fingerprint density at radius 2 is 1.84 bits per heavy atom. The molecule has 0 spiro atoms. The van der Waals surface area contributed by atoms with E-state index < -0.39 is 0 Å². The maximum absolute atomic E-state index is 12.7. The molecule has 2 heterocycles. The lowest BCUT2D eigenvalue weighted by Crippen LogP contribution is -2.49. The molecule has 0 radical (unpaired) electrons. The Kier molecular flexibility index (Phi) is 6.20. The second-order valence-electron chi connectivity index (χ2n) is 7.50. The summed E-state index contributed by atoms with van der Waals surface area (Å²) in [7, 11) is 1.62. The van der Waals surface area contributed by atoms with Crippen molar-refractivity contribution in [3.8, 4) is 5.75 Å². The number of amides is 1. The number of ether oxygens (including phenoxy) is 2. The van der Waals surface area contributed by atoms with Crippen LogP contribution in [0, 0.1) is 0 Å². The van der Waals surface area contributed by atoms with Crippen molar-refractivity contribution in [1.82, 2.24) is 14.9 Å². The molecule has 1 N–H and O–H groups in total. The van der Waals surface area contributed by atoms with E-state index in [2.05, 4.69) is 5.32 Å². The highest BCUT2D eigenvalue weighted by Crippen LogP contribution is 2.30. The van der Waals surface area contributed by atoms with Gasteiger partial charge in [-0.1, -0.05) is 0 Å². The molecule has 0 unspecified atom stereocenters. The molecule has 1 aromatic carbocycles. The van der Waals surface area contributed by atoms with Crippen molar-refractivity contribution >= 4 is 29.3 Å². The van der Waals surface area contributed by atoms with Crippen LogP contribution in [0.3, 0.4) is 0 Å². The van der Waals surface area contributed by atoms with Gasteiger partial charge in [-0.2, -0.15) is 4.98 Å². The third-order valence-electron chi connectivity index (χ3n) is 5.51. The highest BCUT2D eigenvalue weighted by atomic mass is 16.6. The summed E-state index contributed by atoms with van der Waals surface area (Å²) in [5.41, 5.74) is 2.18. The molecule has 1 aliphatic carbocycles. The number of anilines is 3. The van der Waals surface area contributed by atoms with Gasteiger partial charge in [0, 0.05) is 38.3 Å². The normalized spacial score (nSPS) is 16.0. The van der Waals surface area contributed by atoms with Gasteiger partial charge in [-0.05, 0) is 44.0 Å². The van der Waals surface area contributed by atoms with E-state index in [4.69, 9.17) is 19.4 Å². The number of nitrogens with zero attached hydrogens (tertiary/aromatic N) is 4. The van der Waals surface area contributed by atoms with E-state index in [9.17, 15) is 9.59 Å². The minimum atomic E-state index is -0.291. The Hall–Kier alpha value is -3.36. The SMILES string of the molecule is CCOC(=O)N1CCN(c2nc3c(c(Nc4ccc(OC)cc4)n2)C(=O)CCC3)CC1. The van der Waals surface area contributed by atoms with Gasteiger partial charge in [-0.25, -0.2) is 9.78 Å². The minimum absolute atomic E-state index is 0.0657. The van der Waals surface area contributed by atoms with Crippen molar-refractivity contribution in [2.24, 2.45) is 0 Å². The fourth-order valence-electron chi connectivity index (χ4n) is 3.86. The molecule has 1 aliphatic heterocycles. The largest absolute Gasteiger partial charge is 0.497 e. The van der Waals surface area contributed by atoms with Crippen LogP contribution in [0.25, 0.3) is 0 Å². The fourth-order valence-corrected chi connectivity index (χ4v) is 3.86. The lowest BCUT2D eigenvalue weighted by Gasteiger charge is -2.34. The van der Waals surface area contributed by atoms with Gasteiger partial charge in [0.05, 0.1) is 25.0 Å². The maximum Gasteiger partial charge on any atom is 0.409 e. The Morgan fingerprint density at radius 1 is 1.10 bits per heavy atom. The van der Waals surface area contributed by atoms with E-state index in [0.717, 1.165) is 30.0 Å². The number of piperazine rings is 1. The van der Waals surface area contributed by atoms with Crippen molar-refractivity contribution < 1.29 is 19.1 Å². The standard InChI is InChI=1S/C22H27N5O4/c1-3-31-22(29)27-13-11-26(12-14-27)21-24-17-5-4-6-18(28)19(17)20(25-21)23-15-7-9-16(30-2)10-8-15/h7-10H,3-6,11-14H2,1-2H3,(H,23,24,25). The van der Waals surface area contributed by atoms with E-state index in [1.165, 1.54) is 0 Å². The third-order valence-corrected chi connectivity index (χ3v) is 5.51. The first-order valence-corrected chi connectivity index (χ1v) is 10.6. The van der Waals surface area contributed by atoms with Crippen molar-refractivity contribution in [3.05, 3.63) is 35.5 Å². The number of hydrogen-bond donors (Lipinski definition) is 1. The number of carbonyl (C=O) groups is 2. The molecule has 0 atom stereocenters. The summed E-state index contributed by atoms with van der Waals surface area (Å²) in [5.74, 6) is 1.93. The number of carbonyl (C=O) groups excluding carboxylic acids is 2. The van der Waals surface area contributed by atoms with Crippen LogP contribution in [0.2, 0.25) is 0 Å². The van der Waals surface area contributed by atoms with Crippen LogP contribution >= 0.6 is 0 Å². The van der Waals surface area contributed by atoms with Crippen LogP contribution in [0.5, 0.6) is 5.75 Å². The second kappa shape index (κ2) is 9.20. The molecule has 1 fully saturated rings. The summed E-state index contributed by atoms with van der Waals surface area (Å²) in [6, 6.07) is 7.48. The molecule has 0 saturated carbocycles. The molecule has 2 aliphatic rings. The van der Waals surface area contributed by atoms with Crippen LogP contribution in [0.15, 0.2) is 24.3 Å². The van der Waals surface area contributed by atoms with Crippen molar-refractivity contribution in [2.75, 3.05) is 50.1 Å². The van der Waals surface area contributed by atoms with Gasteiger partial charge >= 0.3 is 6.09 Å². The second-order valence-corrected chi connectivity index (χ2v) is 7.50. The van der Waals surface area contributed by atoms with Crippen LogP contribution in [0.4, 0.5) is 22.2 Å². The zero-order chi connectivity index (χ0) is 21.8. The van der Waals surface area contributed by atoms with Gasteiger partial charge in [-0.3, -0.25) is 4.79 Å². The van der Waals surface area contributed by atoms with Crippen LogP contribution in [-0.4, -0.2) is 66.6 Å². The van der Waals surface area contributed by atoms with E-state index in [0.29, 0.717) is 56.5 Å². The Morgan fingerprint density at radius 3 is 2.52 bits per heavy atom. The van der Waals surface area contributed by atoms with Crippen molar-refractivity contribution in [2.45, 2.75) is 26.2 Å². The third kappa shape index (κ3) is 4.55. The monoisotopic (exact) mass is 425 g/mol. The average Bonchev–Trinajstić information content (AvgIpc) is 2.80. The minimum Gasteiger partial charge on any atom is -0.497 e. The van der Waals surface area contributed by atoms with Crippen LogP contribution < -0.4 is 15.0 Å². The lowest BCUT2D eigenvalue weighted by atomic mass is 9.95. The highest BCUT2D eigenvalue weighted by molar-refractivity contribution is 6.03. The summed E-state index contributed by atoms with van der Waals surface area (Å²) in [6.07, 6.45) is 1.75. The predicted molar refractivity (Wildman–Crippen MR) is 116 cm³/mol. The first-order valence-electron chi connectivity index (χ1n) is 10.6. The van der Waals surface area contributed by atoms with Gasteiger partial charge in [-0.15, -0.1) is 0 Å². The van der Waals surface area contributed by atoms with Gasteiger partial charge in [0.1, 0.15) is 11.6 Å². The number of ketones is 1. The molecule has 0 bridgehead atoms. The molecule has 2 aromatic rings.